The van der Waals surface area contributed by atoms with E-state index in [0.29, 0.717) is 23.1 Å². The normalized spacial score (nSPS) is 12.1. The van der Waals surface area contributed by atoms with Crippen LogP contribution in [0.1, 0.15) is 36.6 Å². The highest BCUT2D eigenvalue weighted by molar-refractivity contribution is 7.92. The van der Waals surface area contributed by atoms with E-state index in [-0.39, 0.29) is 17.5 Å². The molecule has 0 saturated heterocycles. The van der Waals surface area contributed by atoms with E-state index < -0.39 is 15.9 Å². The first-order valence-electron chi connectivity index (χ1n) is 11.0. The van der Waals surface area contributed by atoms with E-state index in [4.69, 9.17) is 16.3 Å². The predicted octanol–water partition coefficient (Wildman–Crippen LogP) is 5.43. The van der Waals surface area contributed by atoms with Gasteiger partial charge < -0.3 is 10.1 Å². The summed E-state index contributed by atoms with van der Waals surface area (Å²) in [5.41, 5.74) is 3.53. The van der Waals surface area contributed by atoms with Crippen molar-refractivity contribution >= 4 is 33.2 Å². The third kappa shape index (κ3) is 6.10. The summed E-state index contributed by atoms with van der Waals surface area (Å²) in [6.45, 7) is 7.86. The molecule has 0 saturated carbocycles. The number of hydrogen-bond acceptors (Lipinski definition) is 4. The van der Waals surface area contributed by atoms with Gasteiger partial charge in [-0.25, -0.2) is 8.42 Å². The molecule has 0 aliphatic rings. The second-order valence-corrected chi connectivity index (χ2v) is 10.3. The van der Waals surface area contributed by atoms with Gasteiger partial charge >= 0.3 is 0 Å². The smallest absolute Gasteiger partial charge is 0.264 e. The van der Waals surface area contributed by atoms with Gasteiger partial charge in [0.1, 0.15) is 12.3 Å². The van der Waals surface area contributed by atoms with Gasteiger partial charge in [0.25, 0.3) is 10.0 Å². The Morgan fingerprint density at radius 1 is 1.03 bits per heavy atom. The Labute approximate surface area is 206 Å². The molecule has 3 aromatic rings. The maximum atomic E-state index is 13.5. The van der Waals surface area contributed by atoms with Crippen molar-refractivity contribution in [2.45, 2.75) is 38.6 Å². The molecule has 180 valence electrons. The number of carbonyl (C=O) groups is 1. The molecular weight excluding hydrogens is 472 g/mol. The molecule has 6 nitrogen and oxygen atoms in total. The number of aryl methyl sites for hydroxylation is 2. The van der Waals surface area contributed by atoms with Crippen molar-refractivity contribution in [3.63, 3.8) is 0 Å². The number of anilines is 1. The molecule has 1 N–H and O–H groups in total. The van der Waals surface area contributed by atoms with Gasteiger partial charge in [0.2, 0.25) is 5.91 Å². The van der Waals surface area contributed by atoms with Gasteiger partial charge in [0, 0.05) is 5.02 Å². The Hall–Kier alpha value is -3.03. The highest BCUT2D eigenvalue weighted by Gasteiger charge is 2.28. The molecule has 1 atom stereocenters. The summed E-state index contributed by atoms with van der Waals surface area (Å²) in [7, 11) is -4.03. The van der Waals surface area contributed by atoms with Crippen molar-refractivity contribution < 1.29 is 17.9 Å². The van der Waals surface area contributed by atoms with Gasteiger partial charge in [-0.1, -0.05) is 35.4 Å². The lowest BCUT2D eigenvalue weighted by Gasteiger charge is -2.25. The van der Waals surface area contributed by atoms with Crippen molar-refractivity contribution in [2.75, 3.05) is 17.5 Å². The number of carbonyl (C=O) groups excluding carboxylic acids is 1. The van der Waals surface area contributed by atoms with E-state index >= 15 is 0 Å². The summed E-state index contributed by atoms with van der Waals surface area (Å²) < 4.78 is 33.6. The van der Waals surface area contributed by atoms with Crippen LogP contribution in [-0.4, -0.2) is 27.5 Å². The largest absolute Gasteiger partial charge is 0.494 e. The van der Waals surface area contributed by atoms with Crippen LogP contribution in [0.4, 0.5) is 5.69 Å². The zero-order valence-electron chi connectivity index (χ0n) is 19.7. The first kappa shape index (κ1) is 25.6. The van der Waals surface area contributed by atoms with Gasteiger partial charge in [-0.2, -0.15) is 0 Å². The van der Waals surface area contributed by atoms with E-state index in [2.05, 4.69) is 11.4 Å². The van der Waals surface area contributed by atoms with E-state index in [1.807, 2.05) is 39.8 Å². The average molecular weight is 501 g/mol. The molecule has 0 heterocycles. The molecular formula is C26H29ClN2O4S. The fourth-order valence-electron chi connectivity index (χ4n) is 3.73. The predicted molar refractivity (Wildman–Crippen MR) is 136 cm³/mol. The van der Waals surface area contributed by atoms with E-state index in [9.17, 15) is 13.2 Å². The van der Waals surface area contributed by atoms with Crippen LogP contribution in [0.3, 0.4) is 0 Å². The summed E-state index contributed by atoms with van der Waals surface area (Å²) in [6.07, 6.45) is 0. The molecule has 0 spiro atoms. The van der Waals surface area contributed by atoms with Gasteiger partial charge in [0.05, 0.1) is 23.2 Å². The highest BCUT2D eigenvalue weighted by Crippen LogP contribution is 2.27. The molecule has 3 rings (SSSR count). The van der Waals surface area contributed by atoms with Crippen LogP contribution in [0.5, 0.6) is 5.75 Å². The summed E-state index contributed by atoms with van der Waals surface area (Å²) in [5.74, 6) is 0.196. The summed E-state index contributed by atoms with van der Waals surface area (Å²) >= 11 is 5.94. The van der Waals surface area contributed by atoms with Crippen LogP contribution >= 0.6 is 11.6 Å². The second-order valence-electron chi connectivity index (χ2n) is 8.04. The molecule has 0 fully saturated rings. The van der Waals surface area contributed by atoms with Crippen LogP contribution in [0.15, 0.2) is 71.6 Å². The number of nitrogens with zero attached hydrogens (tertiary/aromatic N) is 1. The van der Waals surface area contributed by atoms with Crippen LogP contribution in [0, 0.1) is 13.8 Å². The van der Waals surface area contributed by atoms with Gasteiger partial charge in [0.15, 0.2) is 0 Å². The molecule has 1 unspecified atom stereocenters. The molecule has 0 aromatic heterocycles. The molecule has 3 aromatic carbocycles. The van der Waals surface area contributed by atoms with Gasteiger partial charge in [-0.05, 0) is 87.4 Å². The first-order valence-corrected chi connectivity index (χ1v) is 12.8. The Bertz CT molecular complexity index is 1240. The molecule has 0 radical (unpaired) electrons. The fourth-order valence-corrected chi connectivity index (χ4v) is 5.28. The third-order valence-electron chi connectivity index (χ3n) is 5.39. The van der Waals surface area contributed by atoms with E-state index in [1.54, 1.807) is 24.3 Å². The van der Waals surface area contributed by atoms with E-state index in [1.165, 1.54) is 24.3 Å². The molecule has 34 heavy (non-hydrogen) atoms. The van der Waals surface area contributed by atoms with Crippen molar-refractivity contribution in [3.05, 3.63) is 88.4 Å². The summed E-state index contributed by atoms with van der Waals surface area (Å²) in [6, 6.07) is 18.2. The number of sulfonamides is 1. The Morgan fingerprint density at radius 3 is 2.26 bits per heavy atom. The van der Waals surface area contributed by atoms with Crippen LogP contribution in [-0.2, 0) is 14.8 Å². The number of halogens is 1. The van der Waals surface area contributed by atoms with Gasteiger partial charge in [-0.3, -0.25) is 9.10 Å². The van der Waals surface area contributed by atoms with Crippen LogP contribution < -0.4 is 14.4 Å². The van der Waals surface area contributed by atoms with Crippen molar-refractivity contribution in [2.24, 2.45) is 0 Å². The van der Waals surface area contributed by atoms with Gasteiger partial charge in [-0.15, -0.1) is 0 Å². The van der Waals surface area contributed by atoms with Crippen molar-refractivity contribution in [3.8, 4) is 5.75 Å². The molecule has 1 amide bonds. The standard InChI is InChI=1S/C26H29ClN2O4S/c1-5-33-23-11-9-22(10-12-23)29(34(31,32)24-13-7-21(27)8-14-24)17-26(30)28-20(4)25-15-6-18(2)16-19(25)3/h6-16,20H,5,17H2,1-4H3,(H,28,30). The quantitative estimate of drug-likeness (QED) is 0.425. The lowest BCUT2D eigenvalue weighted by atomic mass is 10.0. The first-order chi connectivity index (χ1) is 16.1. The number of hydrogen-bond donors (Lipinski definition) is 1. The lowest BCUT2D eigenvalue weighted by Crippen LogP contribution is -2.41. The second kappa shape index (κ2) is 10.9. The number of amides is 1. The zero-order valence-corrected chi connectivity index (χ0v) is 21.3. The maximum Gasteiger partial charge on any atom is 0.264 e. The molecule has 0 bridgehead atoms. The fraction of sp³-hybridized carbons (Fsp3) is 0.269. The highest BCUT2D eigenvalue weighted by atomic mass is 35.5. The Morgan fingerprint density at radius 2 is 1.68 bits per heavy atom. The molecule has 0 aliphatic carbocycles. The lowest BCUT2D eigenvalue weighted by molar-refractivity contribution is -0.120. The van der Waals surface area contributed by atoms with E-state index in [0.717, 1.165) is 21.0 Å². The minimum atomic E-state index is -4.03. The Balaban J connectivity index is 1.90. The Kier molecular flexibility index (Phi) is 8.23. The van der Waals surface area contributed by atoms with Crippen LogP contribution in [0.25, 0.3) is 0 Å². The molecule has 8 heteroatoms. The minimum absolute atomic E-state index is 0.0426. The average Bonchev–Trinajstić information content (AvgIpc) is 2.78. The van der Waals surface area contributed by atoms with Crippen LogP contribution in [0.2, 0.25) is 5.02 Å². The summed E-state index contributed by atoms with van der Waals surface area (Å²) in [4.78, 5) is 13.1. The monoisotopic (exact) mass is 500 g/mol. The number of benzene rings is 3. The number of nitrogens with one attached hydrogen (secondary N) is 1. The number of ether oxygens (including phenoxy) is 1. The van der Waals surface area contributed by atoms with Crippen molar-refractivity contribution in [1.82, 2.24) is 5.32 Å². The maximum absolute atomic E-state index is 13.5. The van der Waals surface area contributed by atoms with Crippen molar-refractivity contribution in [1.29, 1.82) is 0 Å². The zero-order chi connectivity index (χ0) is 24.9. The third-order valence-corrected chi connectivity index (χ3v) is 7.43. The topological polar surface area (TPSA) is 75.7 Å². The molecule has 0 aliphatic heterocycles. The SMILES string of the molecule is CCOc1ccc(N(CC(=O)NC(C)c2ccc(C)cc2C)S(=O)(=O)c2ccc(Cl)cc2)cc1. The summed E-state index contributed by atoms with van der Waals surface area (Å²) in [5, 5.41) is 3.35. The number of rotatable bonds is 9. The minimum Gasteiger partial charge on any atom is -0.494 e.